The highest BCUT2D eigenvalue weighted by Crippen LogP contribution is 2.55. The lowest BCUT2D eigenvalue weighted by Crippen LogP contribution is -2.70. The molecular weight excluding hydrogens is 522 g/mol. The fourth-order valence-corrected chi connectivity index (χ4v) is 6.06. The molecule has 216 valence electrons. The first-order valence-electron chi connectivity index (χ1n) is 12.8. The average molecular weight is 558 g/mol. The lowest BCUT2D eigenvalue weighted by atomic mass is 9.54. The van der Waals surface area contributed by atoms with Crippen LogP contribution in [0.4, 0.5) is 10.5 Å². The number of aliphatic hydroxyl groups is 4. The van der Waals surface area contributed by atoms with Gasteiger partial charge in [0.05, 0.1) is 24.7 Å². The molecule has 1 fully saturated rings. The summed E-state index contributed by atoms with van der Waals surface area (Å²) < 4.78 is 5.22. The molecule has 0 spiro atoms. The minimum absolute atomic E-state index is 0.157. The summed E-state index contributed by atoms with van der Waals surface area (Å²) in [7, 11) is 2.93. The summed E-state index contributed by atoms with van der Waals surface area (Å²) in [5, 5.41) is 48.2. The van der Waals surface area contributed by atoms with Gasteiger partial charge in [-0.05, 0) is 43.1 Å². The van der Waals surface area contributed by atoms with Crippen LogP contribution < -0.4 is 11.1 Å². The van der Waals surface area contributed by atoms with E-state index in [1.807, 2.05) is 20.8 Å². The van der Waals surface area contributed by atoms with E-state index in [4.69, 9.17) is 10.5 Å². The molecule has 0 radical (unpaired) electrons. The van der Waals surface area contributed by atoms with Crippen LogP contribution in [-0.4, -0.2) is 87.3 Å². The number of carbonyl (C=O) groups excluding carboxylic acids is 4. The zero-order valence-corrected chi connectivity index (χ0v) is 23.2. The van der Waals surface area contributed by atoms with E-state index in [1.165, 1.54) is 25.1 Å². The molecule has 12 heteroatoms. The van der Waals surface area contributed by atoms with Gasteiger partial charge in [0.15, 0.2) is 11.4 Å². The van der Waals surface area contributed by atoms with Gasteiger partial charge < -0.3 is 30.9 Å². The first-order valence-corrected chi connectivity index (χ1v) is 12.8. The Morgan fingerprint density at radius 1 is 1.18 bits per heavy atom. The largest absolute Gasteiger partial charge is 0.508 e. The fourth-order valence-electron chi connectivity index (χ4n) is 6.06. The Labute approximate surface area is 231 Å². The lowest BCUT2D eigenvalue weighted by Gasteiger charge is -2.53. The third kappa shape index (κ3) is 4.36. The molecule has 0 aromatic heterocycles. The highest BCUT2D eigenvalue weighted by atomic mass is 16.5. The minimum Gasteiger partial charge on any atom is -0.508 e. The van der Waals surface area contributed by atoms with E-state index in [-0.39, 0.29) is 28.8 Å². The van der Waals surface area contributed by atoms with Gasteiger partial charge in [-0.2, -0.15) is 0 Å². The van der Waals surface area contributed by atoms with Crippen molar-refractivity contribution in [3.05, 3.63) is 46.2 Å². The van der Waals surface area contributed by atoms with Crippen LogP contribution in [0.15, 0.2) is 35.1 Å². The van der Waals surface area contributed by atoms with Gasteiger partial charge in [-0.1, -0.05) is 33.8 Å². The molecule has 3 aliphatic rings. The first-order chi connectivity index (χ1) is 18.4. The second-order valence-corrected chi connectivity index (χ2v) is 12.1. The second kappa shape index (κ2) is 9.72. The van der Waals surface area contributed by atoms with Crippen molar-refractivity contribution in [3.63, 3.8) is 0 Å². The Hall–Kier alpha value is -3.74. The van der Waals surface area contributed by atoms with Crippen molar-refractivity contribution in [3.8, 4) is 0 Å². The molecule has 3 aliphatic carbocycles. The van der Waals surface area contributed by atoms with Crippen LogP contribution in [0.25, 0.3) is 5.76 Å². The maximum absolute atomic E-state index is 14.0. The van der Waals surface area contributed by atoms with Crippen molar-refractivity contribution in [1.82, 2.24) is 4.90 Å². The van der Waals surface area contributed by atoms with Crippen LogP contribution >= 0.6 is 0 Å². The number of fused-ring (bicyclic) bond motifs is 3. The SMILES string of the molecule is C[C@@H]1c2ccc(NC(=O)OCC(C)(C)C)cc2C(O)=C2C(=O)[C@@]3(O)C(O)=C(C(N)=O)C(=O)[C@H](N(C)C)[C@H]3[C@H](O)[C@H]21. The minimum atomic E-state index is -2.92. The van der Waals surface area contributed by atoms with E-state index in [2.05, 4.69) is 5.32 Å². The second-order valence-electron chi connectivity index (χ2n) is 12.1. The van der Waals surface area contributed by atoms with Crippen LogP contribution in [0.5, 0.6) is 0 Å². The van der Waals surface area contributed by atoms with Crippen LogP contribution in [-0.2, 0) is 19.1 Å². The van der Waals surface area contributed by atoms with Gasteiger partial charge in [-0.15, -0.1) is 0 Å². The standard InChI is InChI=1S/C28H35N3O9/c1-11-13-8-7-12(30-26(38)40-10-27(2,3)4)9-14(13)20(32)16-15(11)21(33)18-19(31(5)6)22(34)17(25(29)37)24(36)28(18,39)23(16)35/h7-9,11,15,18-19,21,32-33,36,39H,10H2,1-6H3,(H2,29,37)(H,30,38)/t11-,15+,18+,19-,21-,28-/m1/s1. The highest BCUT2D eigenvalue weighted by molar-refractivity contribution is 6.24. The number of benzene rings is 1. The third-order valence-electron chi connectivity index (χ3n) is 7.87. The van der Waals surface area contributed by atoms with E-state index in [9.17, 15) is 39.6 Å². The van der Waals surface area contributed by atoms with Crippen LogP contribution in [0.1, 0.15) is 44.7 Å². The Morgan fingerprint density at radius 3 is 2.35 bits per heavy atom. The topological polar surface area (TPSA) is 200 Å². The van der Waals surface area contributed by atoms with Crippen LogP contribution in [0.2, 0.25) is 0 Å². The summed E-state index contributed by atoms with van der Waals surface area (Å²) in [5.74, 6) is -8.53. The summed E-state index contributed by atoms with van der Waals surface area (Å²) in [4.78, 5) is 52.9. The molecule has 12 nitrogen and oxygen atoms in total. The molecule has 40 heavy (non-hydrogen) atoms. The summed E-state index contributed by atoms with van der Waals surface area (Å²) >= 11 is 0. The number of likely N-dealkylation sites (N-methyl/N-ethyl adjacent to an activating group) is 1. The number of ketones is 2. The van der Waals surface area contributed by atoms with Gasteiger partial charge in [0.25, 0.3) is 5.91 Å². The predicted molar refractivity (Wildman–Crippen MR) is 143 cm³/mol. The molecule has 1 saturated carbocycles. The van der Waals surface area contributed by atoms with E-state index in [0.717, 1.165) is 0 Å². The lowest BCUT2D eigenvalue weighted by molar-refractivity contribution is -0.169. The van der Waals surface area contributed by atoms with Gasteiger partial charge >= 0.3 is 6.09 Å². The molecule has 0 heterocycles. The summed E-state index contributed by atoms with van der Waals surface area (Å²) in [6, 6.07) is 3.25. The molecule has 0 saturated heterocycles. The highest BCUT2D eigenvalue weighted by Gasteiger charge is 2.68. The maximum atomic E-state index is 14.0. The number of Topliss-reactive ketones (excluding diaryl/α,β-unsaturated/α-hetero) is 2. The zero-order valence-electron chi connectivity index (χ0n) is 23.2. The van der Waals surface area contributed by atoms with Crippen molar-refractivity contribution in [2.45, 2.75) is 51.4 Å². The van der Waals surface area contributed by atoms with Crippen LogP contribution in [0, 0.1) is 17.3 Å². The average Bonchev–Trinajstić information content (AvgIpc) is 2.84. The Balaban J connectivity index is 1.84. The summed E-state index contributed by atoms with van der Waals surface area (Å²) in [5.41, 5.74) is 1.78. The Kier molecular flexibility index (Phi) is 7.11. The van der Waals surface area contributed by atoms with Gasteiger partial charge in [0.2, 0.25) is 5.78 Å². The molecule has 0 bridgehead atoms. The maximum Gasteiger partial charge on any atom is 0.411 e. The molecule has 1 aromatic rings. The van der Waals surface area contributed by atoms with E-state index in [0.29, 0.717) is 5.56 Å². The number of anilines is 1. The van der Waals surface area contributed by atoms with Crippen molar-refractivity contribution >= 4 is 35.0 Å². The smallest absolute Gasteiger partial charge is 0.411 e. The number of primary amides is 1. The Morgan fingerprint density at radius 2 is 1.80 bits per heavy atom. The van der Waals surface area contributed by atoms with Gasteiger partial charge in [0, 0.05) is 22.7 Å². The monoisotopic (exact) mass is 557 g/mol. The normalized spacial score (nSPS) is 30.1. The van der Waals surface area contributed by atoms with Gasteiger partial charge in [0.1, 0.15) is 17.1 Å². The molecule has 7 N–H and O–H groups in total. The number of nitrogens with zero attached hydrogens (tertiary/aromatic N) is 1. The first kappa shape index (κ1) is 29.2. The summed E-state index contributed by atoms with van der Waals surface area (Å²) in [6.07, 6.45) is -2.33. The number of nitrogens with two attached hydrogens (primary N) is 1. The van der Waals surface area contributed by atoms with Crippen molar-refractivity contribution in [2.75, 3.05) is 26.0 Å². The molecular formula is C28H35N3O9. The molecule has 6 atom stereocenters. The van der Waals surface area contributed by atoms with Crippen molar-refractivity contribution < 1.29 is 44.3 Å². The Bertz CT molecular complexity index is 1370. The number of hydrogen-bond acceptors (Lipinski definition) is 10. The molecule has 4 rings (SSSR count). The third-order valence-corrected chi connectivity index (χ3v) is 7.87. The van der Waals surface area contributed by atoms with Crippen LogP contribution in [0.3, 0.4) is 0 Å². The van der Waals surface area contributed by atoms with Gasteiger partial charge in [-0.3, -0.25) is 24.6 Å². The number of nitrogens with one attached hydrogen (secondary N) is 1. The zero-order chi connectivity index (χ0) is 30.1. The molecule has 0 aliphatic heterocycles. The van der Waals surface area contributed by atoms with E-state index in [1.54, 1.807) is 19.1 Å². The van der Waals surface area contributed by atoms with Gasteiger partial charge in [-0.25, -0.2) is 4.79 Å². The number of ether oxygens (including phenoxy) is 1. The van der Waals surface area contributed by atoms with Crippen molar-refractivity contribution in [2.24, 2.45) is 23.0 Å². The fraction of sp³-hybridized carbons (Fsp3) is 0.500. The number of hydrogen-bond donors (Lipinski definition) is 6. The molecule has 1 aromatic carbocycles. The van der Waals surface area contributed by atoms with E-state index >= 15 is 0 Å². The number of amides is 2. The predicted octanol–water partition coefficient (Wildman–Crippen LogP) is 1.38. The van der Waals surface area contributed by atoms with E-state index < -0.39 is 76.2 Å². The quantitative estimate of drug-likeness (QED) is 0.294. The molecule has 0 unspecified atom stereocenters. The molecule has 2 amide bonds. The number of rotatable bonds is 4. The van der Waals surface area contributed by atoms with Crippen molar-refractivity contribution in [1.29, 1.82) is 0 Å². The number of aliphatic hydroxyl groups excluding tert-OH is 3. The summed E-state index contributed by atoms with van der Waals surface area (Å²) in [6.45, 7) is 7.57. The number of carbonyl (C=O) groups is 4.